The van der Waals surface area contributed by atoms with Crippen molar-refractivity contribution in [2.24, 2.45) is 17.8 Å². The zero-order valence-electron chi connectivity index (χ0n) is 23.3. The molecule has 0 aromatic carbocycles. The van der Waals surface area contributed by atoms with E-state index in [2.05, 4.69) is 20.1 Å². The van der Waals surface area contributed by atoms with Crippen LogP contribution in [-0.4, -0.2) is 81.8 Å². The van der Waals surface area contributed by atoms with Gasteiger partial charge in [-0.1, -0.05) is 39.3 Å². The molecule has 3 fully saturated rings. The lowest BCUT2D eigenvalue weighted by Gasteiger charge is -2.41. The van der Waals surface area contributed by atoms with Gasteiger partial charge in [0.2, 0.25) is 11.8 Å². The molecule has 3 heterocycles. The summed E-state index contributed by atoms with van der Waals surface area (Å²) in [4.78, 5) is 45.4. The molecule has 0 aliphatic carbocycles. The molecule has 7 atom stereocenters. The van der Waals surface area contributed by atoms with Gasteiger partial charge in [0.1, 0.15) is 17.6 Å². The molecule has 37 heavy (non-hydrogen) atoms. The Morgan fingerprint density at radius 3 is 2.54 bits per heavy atom. The highest BCUT2D eigenvalue weighted by molar-refractivity contribution is 5.98. The van der Waals surface area contributed by atoms with Gasteiger partial charge in [0.25, 0.3) is 0 Å². The molecule has 3 aliphatic heterocycles. The highest BCUT2D eigenvalue weighted by Crippen LogP contribution is 2.64. The monoisotopic (exact) mass is 518 g/mol. The first-order valence-corrected chi connectivity index (χ1v) is 13.8. The number of hydrogen-bond donors (Lipinski definition) is 1. The first-order valence-electron chi connectivity index (χ1n) is 13.8. The Hall–Kier alpha value is -2.19. The van der Waals surface area contributed by atoms with Gasteiger partial charge in [0, 0.05) is 12.6 Å². The van der Waals surface area contributed by atoms with Crippen LogP contribution in [-0.2, 0) is 23.9 Å². The van der Waals surface area contributed by atoms with Crippen LogP contribution in [0.4, 0.5) is 0 Å². The lowest BCUT2D eigenvalue weighted by Crippen LogP contribution is -2.60. The van der Waals surface area contributed by atoms with Gasteiger partial charge in [-0.05, 0) is 51.9 Å². The number of amides is 2. The van der Waals surface area contributed by atoms with Crippen LogP contribution in [0.1, 0.15) is 73.1 Å². The molecule has 8 nitrogen and oxygen atoms in total. The maximum atomic E-state index is 14.4. The van der Waals surface area contributed by atoms with Crippen LogP contribution < -0.4 is 0 Å². The molecule has 2 bridgehead atoms. The van der Waals surface area contributed by atoms with Gasteiger partial charge >= 0.3 is 5.97 Å². The van der Waals surface area contributed by atoms with Gasteiger partial charge in [0.05, 0.1) is 30.8 Å². The second kappa shape index (κ2) is 11.7. The fourth-order valence-corrected chi connectivity index (χ4v) is 6.90. The zero-order valence-corrected chi connectivity index (χ0v) is 23.3. The minimum absolute atomic E-state index is 0.0607. The Morgan fingerprint density at radius 2 is 1.97 bits per heavy atom. The van der Waals surface area contributed by atoms with E-state index in [1.165, 1.54) is 0 Å². The van der Waals surface area contributed by atoms with Gasteiger partial charge in [-0.3, -0.25) is 14.4 Å². The number of ether oxygens (including phenoxy) is 2. The van der Waals surface area contributed by atoms with Crippen LogP contribution >= 0.6 is 0 Å². The quantitative estimate of drug-likeness (QED) is 0.215. The van der Waals surface area contributed by atoms with E-state index in [1.54, 1.807) is 22.0 Å². The molecule has 0 aromatic heterocycles. The number of fused-ring (bicyclic) bond motifs is 1. The third-order valence-electron chi connectivity index (χ3n) is 8.46. The number of hydrogen-bond acceptors (Lipinski definition) is 6. The number of nitrogens with zero attached hydrogens (tertiary/aromatic N) is 2. The Labute approximate surface area is 222 Å². The number of carbonyl (C=O) groups excluding carboxylic acids is 3. The Bertz CT molecular complexity index is 890. The van der Waals surface area contributed by atoms with Crippen molar-refractivity contribution < 1.29 is 29.0 Å². The summed E-state index contributed by atoms with van der Waals surface area (Å²) in [5.74, 6) is -2.42. The van der Waals surface area contributed by atoms with E-state index in [0.29, 0.717) is 32.2 Å². The highest BCUT2D eigenvalue weighted by atomic mass is 16.6. The lowest BCUT2D eigenvalue weighted by atomic mass is 9.66. The molecule has 3 unspecified atom stereocenters. The summed E-state index contributed by atoms with van der Waals surface area (Å²) in [6, 6.07) is -1.54. The minimum Gasteiger partial charge on any atom is -0.465 e. The Morgan fingerprint density at radius 1 is 1.27 bits per heavy atom. The van der Waals surface area contributed by atoms with E-state index in [1.807, 2.05) is 27.7 Å². The van der Waals surface area contributed by atoms with Crippen molar-refractivity contribution in [2.75, 3.05) is 19.8 Å². The lowest BCUT2D eigenvalue weighted by molar-refractivity contribution is -0.162. The summed E-state index contributed by atoms with van der Waals surface area (Å²) in [6.07, 6.45) is 7.18. The summed E-state index contributed by atoms with van der Waals surface area (Å²) >= 11 is 0. The van der Waals surface area contributed by atoms with Crippen molar-refractivity contribution in [2.45, 2.75) is 102 Å². The van der Waals surface area contributed by atoms with Gasteiger partial charge in [-0.15, -0.1) is 13.2 Å². The third kappa shape index (κ3) is 5.11. The standard InChI is InChI=1S/C29H46N2O6/c1-8-11-16-36-27(35)23-22-25(33)31(21(18-32)17-19(4)5)24(29(22)14-13-28(23,7)37-29)26(34)30(15-10-3)20(6)12-9-2/h8,10,19-24,32H,1,3,9,11-18H2,2,4-7H3/t20?,21-,22+,23-,24?,28+,29?/m1/s1. The average molecular weight is 519 g/mol. The van der Waals surface area contributed by atoms with Gasteiger partial charge in [-0.2, -0.15) is 0 Å². The molecule has 1 N–H and O–H groups in total. The fraction of sp³-hybridized carbons (Fsp3) is 0.759. The maximum absolute atomic E-state index is 14.4. The summed E-state index contributed by atoms with van der Waals surface area (Å²) in [5, 5.41) is 10.4. The van der Waals surface area contributed by atoms with Crippen molar-refractivity contribution >= 4 is 17.8 Å². The van der Waals surface area contributed by atoms with E-state index in [9.17, 15) is 19.5 Å². The summed E-state index contributed by atoms with van der Waals surface area (Å²) < 4.78 is 12.2. The van der Waals surface area contributed by atoms with E-state index < -0.39 is 41.1 Å². The van der Waals surface area contributed by atoms with Crippen molar-refractivity contribution in [3.63, 3.8) is 0 Å². The van der Waals surface area contributed by atoms with Gasteiger partial charge in [-0.25, -0.2) is 0 Å². The molecule has 208 valence electrons. The van der Waals surface area contributed by atoms with E-state index in [-0.39, 0.29) is 37.0 Å². The molecule has 3 aliphatic rings. The zero-order chi connectivity index (χ0) is 27.5. The number of aliphatic hydroxyl groups excluding tert-OH is 1. The molecule has 3 rings (SSSR count). The number of rotatable bonds is 14. The fourth-order valence-electron chi connectivity index (χ4n) is 6.90. The maximum Gasteiger partial charge on any atom is 0.312 e. The van der Waals surface area contributed by atoms with Crippen LogP contribution in [0.15, 0.2) is 25.3 Å². The summed E-state index contributed by atoms with van der Waals surface area (Å²) in [7, 11) is 0. The largest absolute Gasteiger partial charge is 0.465 e. The van der Waals surface area contributed by atoms with Crippen molar-refractivity contribution in [3.8, 4) is 0 Å². The molecule has 0 radical (unpaired) electrons. The molecule has 0 aromatic rings. The normalized spacial score (nSPS) is 31.8. The molecule has 0 saturated carbocycles. The second-order valence-electron chi connectivity index (χ2n) is 11.6. The second-order valence-corrected chi connectivity index (χ2v) is 11.6. The predicted octanol–water partition coefficient (Wildman–Crippen LogP) is 3.48. The van der Waals surface area contributed by atoms with Crippen molar-refractivity contribution in [1.82, 2.24) is 9.80 Å². The van der Waals surface area contributed by atoms with Crippen LogP contribution in [0, 0.1) is 17.8 Å². The summed E-state index contributed by atoms with van der Waals surface area (Å²) in [5.41, 5.74) is -2.03. The topological polar surface area (TPSA) is 96.4 Å². The minimum atomic E-state index is -1.14. The number of aliphatic hydroxyl groups is 1. The molecular formula is C29H46N2O6. The number of esters is 1. The molecule has 1 spiro atoms. The highest BCUT2D eigenvalue weighted by Gasteiger charge is 2.79. The van der Waals surface area contributed by atoms with Gasteiger partial charge in [0.15, 0.2) is 0 Å². The Kier molecular flexibility index (Phi) is 9.27. The van der Waals surface area contributed by atoms with Crippen molar-refractivity contribution in [3.05, 3.63) is 25.3 Å². The van der Waals surface area contributed by atoms with Crippen LogP contribution in [0.2, 0.25) is 0 Å². The van der Waals surface area contributed by atoms with Crippen LogP contribution in [0.5, 0.6) is 0 Å². The van der Waals surface area contributed by atoms with E-state index >= 15 is 0 Å². The summed E-state index contributed by atoms with van der Waals surface area (Å²) in [6.45, 7) is 17.8. The van der Waals surface area contributed by atoms with Crippen LogP contribution in [0.25, 0.3) is 0 Å². The molecular weight excluding hydrogens is 472 g/mol. The smallest absolute Gasteiger partial charge is 0.312 e. The Balaban J connectivity index is 2.10. The first kappa shape index (κ1) is 29.4. The SMILES string of the molecule is C=CCCOC(=O)[C@H]1[C@H]2C(=O)N([C@@H](CO)CC(C)C)C(C(=O)N(CC=C)C(C)CCC)C23CC[C@]1(C)O3. The van der Waals surface area contributed by atoms with Crippen molar-refractivity contribution in [1.29, 1.82) is 0 Å². The number of carbonyl (C=O) groups is 3. The van der Waals surface area contributed by atoms with Gasteiger partial charge < -0.3 is 24.4 Å². The molecule has 8 heteroatoms. The average Bonchev–Trinajstić information content (AvgIpc) is 3.41. The van der Waals surface area contributed by atoms with E-state index in [4.69, 9.17) is 9.47 Å². The van der Waals surface area contributed by atoms with E-state index in [0.717, 1.165) is 12.8 Å². The molecule has 3 saturated heterocycles. The third-order valence-corrected chi connectivity index (χ3v) is 8.46. The predicted molar refractivity (Wildman–Crippen MR) is 141 cm³/mol. The van der Waals surface area contributed by atoms with Crippen LogP contribution in [0.3, 0.4) is 0 Å². The first-order chi connectivity index (χ1) is 17.5. The number of likely N-dealkylation sites (tertiary alicyclic amines) is 1. The molecule has 2 amide bonds.